The second-order valence-corrected chi connectivity index (χ2v) is 7.13. The molecule has 0 unspecified atom stereocenters. The van der Waals surface area contributed by atoms with Crippen molar-refractivity contribution in [2.45, 2.75) is 13.3 Å². The molecule has 0 N–H and O–H groups in total. The molecule has 1 amide bonds. The molecule has 0 spiro atoms. The van der Waals surface area contributed by atoms with Crippen molar-refractivity contribution in [2.24, 2.45) is 0 Å². The zero-order chi connectivity index (χ0) is 19.3. The van der Waals surface area contributed by atoms with E-state index in [1.807, 2.05) is 53.4 Å². The molecule has 0 radical (unpaired) electrons. The molecular formula is C23H24N4O. The minimum absolute atomic E-state index is 0.191. The van der Waals surface area contributed by atoms with Crippen molar-refractivity contribution < 1.29 is 4.79 Å². The van der Waals surface area contributed by atoms with Crippen LogP contribution in [0.5, 0.6) is 0 Å². The molecule has 5 heteroatoms. The first-order chi connectivity index (χ1) is 13.7. The molecule has 2 aromatic carbocycles. The summed E-state index contributed by atoms with van der Waals surface area (Å²) in [6.07, 6.45) is 2.27. The molecule has 1 saturated heterocycles. The van der Waals surface area contributed by atoms with E-state index in [1.54, 1.807) is 6.20 Å². The molecule has 2 heterocycles. The van der Waals surface area contributed by atoms with Crippen LogP contribution < -0.4 is 4.90 Å². The number of aromatic nitrogens is 2. The van der Waals surface area contributed by atoms with E-state index in [2.05, 4.69) is 28.9 Å². The molecule has 28 heavy (non-hydrogen) atoms. The van der Waals surface area contributed by atoms with E-state index in [9.17, 15) is 4.79 Å². The lowest BCUT2D eigenvalue weighted by molar-refractivity contribution is -0.130. The van der Waals surface area contributed by atoms with Gasteiger partial charge >= 0.3 is 0 Å². The Kier molecular flexibility index (Phi) is 5.33. The maximum absolute atomic E-state index is 12.6. The first-order valence-electron chi connectivity index (χ1n) is 9.66. The van der Waals surface area contributed by atoms with Gasteiger partial charge in [-0.1, -0.05) is 60.2 Å². The number of benzene rings is 2. The Balaban J connectivity index is 1.37. The number of piperazine rings is 1. The first kappa shape index (κ1) is 18.2. The molecule has 4 rings (SSSR count). The summed E-state index contributed by atoms with van der Waals surface area (Å²) < 4.78 is 0. The minimum Gasteiger partial charge on any atom is -0.353 e. The van der Waals surface area contributed by atoms with Gasteiger partial charge in [-0.3, -0.25) is 4.79 Å². The van der Waals surface area contributed by atoms with Crippen LogP contribution in [-0.4, -0.2) is 47.0 Å². The lowest BCUT2D eigenvalue weighted by Crippen LogP contribution is -2.49. The highest BCUT2D eigenvalue weighted by Crippen LogP contribution is 2.19. The van der Waals surface area contributed by atoms with Crippen LogP contribution in [-0.2, 0) is 11.2 Å². The average molecular weight is 372 g/mol. The molecule has 0 aliphatic carbocycles. The maximum Gasteiger partial charge on any atom is 0.227 e. The monoisotopic (exact) mass is 372 g/mol. The van der Waals surface area contributed by atoms with Gasteiger partial charge < -0.3 is 9.80 Å². The van der Waals surface area contributed by atoms with E-state index >= 15 is 0 Å². The highest BCUT2D eigenvalue weighted by molar-refractivity contribution is 5.79. The van der Waals surface area contributed by atoms with Crippen molar-refractivity contribution in [1.29, 1.82) is 0 Å². The van der Waals surface area contributed by atoms with Crippen LogP contribution in [0.2, 0.25) is 0 Å². The molecular weight excluding hydrogens is 348 g/mol. The van der Waals surface area contributed by atoms with Crippen molar-refractivity contribution in [3.63, 3.8) is 0 Å². The van der Waals surface area contributed by atoms with Crippen molar-refractivity contribution in [3.05, 3.63) is 78.0 Å². The van der Waals surface area contributed by atoms with E-state index in [0.717, 1.165) is 48.9 Å². The summed E-state index contributed by atoms with van der Waals surface area (Å²) in [5.41, 5.74) is 3.29. The molecule has 3 aromatic rings. The number of amides is 1. The number of carbonyl (C=O) groups excluding carboxylic acids is 1. The lowest BCUT2D eigenvalue weighted by Gasteiger charge is -2.35. The van der Waals surface area contributed by atoms with E-state index in [1.165, 1.54) is 5.56 Å². The number of hydrogen-bond donors (Lipinski definition) is 0. The summed E-state index contributed by atoms with van der Waals surface area (Å²) >= 11 is 0. The summed E-state index contributed by atoms with van der Waals surface area (Å²) in [6.45, 7) is 5.06. The Hall–Kier alpha value is -3.21. The largest absolute Gasteiger partial charge is 0.353 e. The Morgan fingerprint density at radius 2 is 1.64 bits per heavy atom. The van der Waals surface area contributed by atoms with Gasteiger partial charge in [-0.05, 0) is 18.6 Å². The zero-order valence-electron chi connectivity index (χ0n) is 16.1. The molecule has 1 fully saturated rings. The van der Waals surface area contributed by atoms with Gasteiger partial charge in [-0.2, -0.15) is 0 Å². The smallest absolute Gasteiger partial charge is 0.227 e. The van der Waals surface area contributed by atoms with E-state index in [4.69, 9.17) is 4.98 Å². The highest BCUT2D eigenvalue weighted by atomic mass is 16.2. The third kappa shape index (κ3) is 4.19. The Morgan fingerprint density at radius 1 is 0.929 bits per heavy atom. The maximum atomic E-state index is 12.6. The molecule has 1 aromatic heterocycles. The zero-order valence-corrected chi connectivity index (χ0v) is 16.1. The van der Waals surface area contributed by atoms with Crippen LogP contribution >= 0.6 is 0 Å². The van der Waals surface area contributed by atoms with E-state index in [0.29, 0.717) is 6.42 Å². The van der Waals surface area contributed by atoms with Gasteiger partial charge in [-0.15, -0.1) is 0 Å². The molecule has 5 nitrogen and oxygen atoms in total. The van der Waals surface area contributed by atoms with Crippen molar-refractivity contribution in [1.82, 2.24) is 14.9 Å². The van der Waals surface area contributed by atoms with E-state index < -0.39 is 0 Å². The molecule has 1 aliphatic heterocycles. The SMILES string of the molecule is Cc1ccc(CC(=O)N2CCN(c3ccnc(-c4ccccc4)n3)CC2)cc1. The predicted octanol–water partition coefficient (Wildman–Crippen LogP) is 3.34. The fourth-order valence-electron chi connectivity index (χ4n) is 3.43. The van der Waals surface area contributed by atoms with Crippen molar-refractivity contribution in [2.75, 3.05) is 31.1 Å². The van der Waals surface area contributed by atoms with Crippen LogP contribution in [0.15, 0.2) is 66.9 Å². The summed E-state index contributed by atoms with van der Waals surface area (Å²) in [7, 11) is 0. The Bertz CT molecular complexity index is 932. The number of hydrogen-bond acceptors (Lipinski definition) is 4. The fraction of sp³-hybridized carbons (Fsp3) is 0.261. The van der Waals surface area contributed by atoms with Crippen LogP contribution in [0.1, 0.15) is 11.1 Å². The highest BCUT2D eigenvalue weighted by Gasteiger charge is 2.22. The number of anilines is 1. The first-order valence-corrected chi connectivity index (χ1v) is 9.66. The predicted molar refractivity (Wildman–Crippen MR) is 111 cm³/mol. The van der Waals surface area contributed by atoms with Gasteiger partial charge in [0.15, 0.2) is 5.82 Å². The van der Waals surface area contributed by atoms with Crippen LogP contribution in [0, 0.1) is 6.92 Å². The summed E-state index contributed by atoms with van der Waals surface area (Å²) in [4.78, 5) is 25.9. The molecule has 0 saturated carbocycles. The summed E-state index contributed by atoms with van der Waals surface area (Å²) in [5.74, 6) is 1.84. The second-order valence-electron chi connectivity index (χ2n) is 7.13. The van der Waals surface area contributed by atoms with Gasteiger partial charge in [0.05, 0.1) is 6.42 Å². The topological polar surface area (TPSA) is 49.3 Å². The molecule has 0 bridgehead atoms. The van der Waals surface area contributed by atoms with Gasteiger partial charge in [0, 0.05) is 37.9 Å². The van der Waals surface area contributed by atoms with Gasteiger partial charge in [-0.25, -0.2) is 9.97 Å². The molecule has 0 atom stereocenters. The quantitative estimate of drug-likeness (QED) is 0.705. The second kappa shape index (κ2) is 8.21. The minimum atomic E-state index is 0.191. The van der Waals surface area contributed by atoms with Gasteiger partial charge in [0.25, 0.3) is 0 Å². The number of aryl methyl sites for hydroxylation is 1. The lowest BCUT2D eigenvalue weighted by atomic mass is 10.1. The third-order valence-electron chi connectivity index (χ3n) is 5.11. The van der Waals surface area contributed by atoms with Crippen LogP contribution in [0.3, 0.4) is 0 Å². The summed E-state index contributed by atoms with van der Waals surface area (Å²) in [6, 6.07) is 20.1. The number of carbonyl (C=O) groups is 1. The molecule has 142 valence electrons. The Labute approximate surface area is 165 Å². The fourth-order valence-corrected chi connectivity index (χ4v) is 3.43. The van der Waals surface area contributed by atoms with Crippen molar-refractivity contribution >= 4 is 11.7 Å². The Morgan fingerprint density at radius 3 is 2.36 bits per heavy atom. The average Bonchev–Trinajstić information content (AvgIpc) is 2.76. The third-order valence-corrected chi connectivity index (χ3v) is 5.11. The summed E-state index contributed by atoms with van der Waals surface area (Å²) in [5, 5.41) is 0. The van der Waals surface area contributed by atoms with Gasteiger partial charge in [0.1, 0.15) is 5.82 Å². The number of rotatable bonds is 4. The van der Waals surface area contributed by atoms with Gasteiger partial charge in [0.2, 0.25) is 5.91 Å². The normalized spacial score (nSPS) is 14.2. The van der Waals surface area contributed by atoms with Crippen LogP contribution in [0.4, 0.5) is 5.82 Å². The number of nitrogens with zero attached hydrogens (tertiary/aromatic N) is 4. The standard InChI is InChI=1S/C23H24N4O/c1-18-7-9-19(10-8-18)17-22(28)27-15-13-26(14-16-27)21-11-12-24-23(25-21)20-5-3-2-4-6-20/h2-12H,13-17H2,1H3. The molecule has 1 aliphatic rings. The van der Waals surface area contributed by atoms with E-state index in [-0.39, 0.29) is 5.91 Å². The van der Waals surface area contributed by atoms with Crippen LogP contribution in [0.25, 0.3) is 11.4 Å². The van der Waals surface area contributed by atoms with Crippen molar-refractivity contribution in [3.8, 4) is 11.4 Å².